The van der Waals surface area contributed by atoms with E-state index in [2.05, 4.69) is 0 Å². The molecule has 0 heterocycles. The Kier molecular flexibility index (Phi) is 2.71. The summed E-state index contributed by atoms with van der Waals surface area (Å²) in [5.74, 6) is -0.335. The average Bonchev–Trinajstić information content (AvgIpc) is 2.02. The van der Waals surface area contributed by atoms with E-state index >= 15 is 0 Å². The Morgan fingerprint density at radius 3 is 2.57 bits per heavy atom. The van der Waals surface area contributed by atoms with E-state index in [1.54, 1.807) is 0 Å². The molecule has 0 aromatic heterocycles. The van der Waals surface area contributed by atoms with Gasteiger partial charge in [0.05, 0.1) is 4.92 Å². The largest absolute Gasteiger partial charge is 0.393 e. The van der Waals surface area contributed by atoms with Crippen molar-refractivity contribution in [2.45, 2.75) is 6.92 Å². The molecule has 0 aliphatic rings. The molecule has 6 heteroatoms. The number of Topliss-reactive ketones (excluding diaryl/α,β-unsaturated/α-hetero) is 1. The maximum atomic E-state index is 11.0. The second-order valence-corrected chi connectivity index (χ2v) is 3.06. The predicted octanol–water partition coefficient (Wildman–Crippen LogP) is 2.03. The van der Waals surface area contributed by atoms with Crippen molar-refractivity contribution in [3.8, 4) is 0 Å². The first kappa shape index (κ1) is 10.5. The highest BCUT2D eigenvalue weighted by atomic mass is 35.5. The van der Waals surface area contributed by atoms with Gasteiger partial charge in [-0.2, -0.15) is 0 Å². The smallest absolute Gasteiger partial charge is 0.311 e. The molecule has 0 bridgehead atoms. The van der Waals surface area contributed by atoms with Crippen LogP contribution in [0.1, 0.15) is 17.3 Å². The van der Waals surface area contributed by atoms with Crippen LogP contribution in [0.2, 0.25) is 5.02 Å². The average molecular weight is 215 g/mol. The molecule has 0 saturated carbocycles. The lowest BCUT2D eigenvalue weighted by atomic mass is 10.1. The van der Waals surface area contributed by atoms with Gasteiger partial charge in [0.2, 0.25) is 0 Å². The normalized spacial score (nSPS) is 9.86. The number of hydrogen-bond donors (Lipinski definition) is 1. The SMILES string of the molecule is CC(=O)c1ccc(N)c([N+](=O)[O-])c1Cl. The lowest BCUT2D eigenvalue weighted by Gasteiger charge is -2.02. The monoisotopic (exact) mass is 214 g/mol. The van der Waals surface area contributed by atoms with Crippen LogP contribution in [0, 0.1) is 10.1 Å². The third kappa shape index (κ3) is 1.67. The minimum Gasteiger partial charge on any atom is -0.393 e. The van der Waals surface area contributed by atoms with Crippen LogP contribution in [0.5, 0.6) is 0 Å². The van der Waals surface area contributed by atoms with E-state index in [9.17, 15) is 14.9 Å². The Hall–Kier alpha value is -1.62. The van der Waals surface area contributed by atoms with E-state index in [0.29, 0.717) is 0 Å². The number of halogens is 1. The first-order chi connectivity index (χ1) is 6.45. The van der Waals surface area contributed by atoms with Crippen LogP contribution in [-0.2, 0) is 0 Å². The van der Waals surface area contributed by atoms with Gasteiger partial charge in [-0.05, 0) is 19.1 Å². The van der Waals surface area contributed by atoms with E-state index in [-0.39, 0.29) is 22.1 Å². The van der Waals surface area contributed by atoms with Crippen molar-refractivity contribution in [1.29, 1.82) is 0 Å². The van der Waals surface area contributed by atoms with Gasteiger partial charge in [0, 0.05) is 5.56 Å². The van der Waals surface area contributed by atoms with Gasteiger partial charge < -0.3 is 5.73 Å². The summed E-state index contributed by atoms with van der Waals surface area (Å²) >= 11 is 5.66. The minimum atomic E-state index is -0.704. The first-order valence-corrected chi connectivity index (χ1v) is 4.06. The molecule has 0 radical (unpaired) electrons. The number of nitrogens with two attached hydrogens (primary N) is 1. The first-order valence-electron chi connectivity index (χ1n) is 3.68. The number of anilines is 1. The summed E-state index contributed by atoms with van der Waals surface area (Å²) in [6.07, 6.45) is 0. The molecule has 14 heavy (non-hydrogen) atoms. The Morgan fingerprint density at radius 1 is 1.57 bits per heavy atom. The van der Waals surface area contributed by atoms with Gasteiger partial charge in [0.25, 0.3) is 0 Å². The highest BCUT2D eigenvalue weighted by molar-refractivity contribution is 6.36. The van der Waals surface area contributed by atoms with Gasteiger partial charge in [-0.25, -0.2) is 0 Å². The van der Waals surface area contributed by atoms with Crippen molar-refractivity contribution in [1.82, 2.24) is 0 Å². The molecule has 1 aromatic rings. The molecule has 2 N–H and O–H groups in total. The van der Waals surface area contributed by atoms with Crippen LogP contribution >= 0.6 is 11.6 Å². The Bertz CT molecular complexity index is 417. The Labute approximate surface area is 84.6 Å². The summed E-state index contributed by atoms with van der Waals surface area (Å²) in [6.45, 7) is 1.28. The van der Waals surface area contributed by atoms with Gasteiger partial charge >= 0.3 is 5.69 Å². The fourth-order valence-electron chi connectivity index (χ4n) is 1.04. The number of hydrogen-bond acceptors (Lipinski definition) is 4. The molecule has 1 aromatic carbocycles. The zero-order chi connectivity index (χ0) is 10.9. The molecule has 0 saturated heterocycles. The van der Waals surface area contributed by atoms with Crippen molar-refractivity contribution >= 4 is 28.8 Å². The van der Waals surface area contributed by atoms with Gasteiger partial charge in [-0.15, -0.1) is 0 Å². The van der Waals surface area contributed by atoms with Crippen molar-refractivity contribution in [2.24, 2.45) is 0 Å². The predicted molar refractivity (Wildman–Crippen MR) is 52.5 cm³/mol. The number of nitrogens with zero attached hydrogens (tertiary/aromatic N) is 1. The van der Waals surface area contributed by atoms with Crippen LogP contribution < -0.4 is 5.73 Å². The van der Waals surface area contributed by atoms with Gasteiger partial charge in [0.15, 0.2) is 5.78 Å². The standard InChI is InChI=1S/C8H7ClN2O3/c1-4(12)5-2-3-6(10)8(7(5)9)11(13)14/h2-3H,10H2,1H3. The summed E-state index contributed by atoms with van der Waals surface area (Å²) in [4.78, 5) is 20.8. The molecule has 0 aliphatic heterocycles. The van der Waals surface area contributed by atoms with E-state index in [0.717, 1.165) is 0 Å². The van der Waals surface area contributed by atoms with E-state index < -0.39 is 10.6 Å². The van der Waals surface area contributed by atoms with Crippen LogP contribution in [0.4, 0.5) is 11.4 Å². The maximum absolute atomic E-state index is 11.0. The van der Waals surface area contributed by atoms with E-state index in [1.807, 2.05) is 0 Å². The highest BCUT2D eigenvalue weighted by Crippen LogP contribution is 2.33. The highest BCUT2D eigenvalue weighted by Gasteiger charge is 2.21. The second-order valence-electron chi connectivity index (χ2n) is 2.68. The quantitative estimate of drug-likeness (QED) is 0.353. The number of rotatable bonds is 2. The van der Waals surface area contributed by atoms with Gasteiger partial charge in [-0.3, -0.25) is 14.9 Å². The van der Waals surface area contributed by atoms with Crippen molar-refractivity contribution < 1.29 is 9.72 Å². The zero-order valence-electron chi connectivity index (χ0n) is 7.28. The number of nitrogen functional groups attached to an aromatic ring is 1. The Morgan fingerprint density at radius 2 is 2.14 bits per heavy atom. The third-order valence-electron chi connectivity index (χ3n) is 1.71. The van der Waals surface area contributed by atoms with Crippen LogP contribution in [-0.4, -0.2) is 10.7 Å². The molecule has 0 unspecified atom stereocenters. The molecule has 74 valence electrons. The topological polar surface area (TPSA) is 86.2 Å². The molecule has 5 nitrogen and oxygen atoms in total. The molecule has 0 aliphatic carbocycles. The maximum Gasteiger partial charge on any atom is 0.311 e. The van der Waals surface area contributed by atoms with Gasteiger partial charge in [-0.1, -0.05) is 11.6 Å². The third-order valence-corrected chi connectivity index (χ3v) is 2.09. The molecular weight excluding hydrogens is 208 g/mol. The molecule has 1 rings (SSSR count). The minimum absolute atomic E-state index is 0.0509. The molecular formula is C8H7ClN2O3. The number of nitro benzene ring substituents is 1. The van der Waals surface area contributed by atoms with Crippen LogP contribution in [0.3, 0.4) is 0 Å². The van der Waals surface area contributed by atoms with Crippen LogP contribution in [0.25, 0.3) is 0 Å². The number of carbonyl (C=O) groups is 1. The van der Waals surface area contributed by atoms with Crippen molar-refractivity contribution in [3.63, 3.8) is 0 Å². The zero-order valence-corrected chi connectivity index (χ0v) is 8.04. The molecule has 0 atom stereocenters. The summed E-state index contributed by atoms with van der Waals surface area (Å²) in [5, 5.41) is 10.3. The summed E-state index contributed by atoms with van der Waals surface area (Å²) in [7, 11) is 0. The van der Waals surface area contributed by atoms with E-state index in [4.69, 9.17) is 17.3 Å². The van der Waals surface area contributed by atoms with Crippen molar-refractivity contribution in [3.05, 3.63) is 32.8 Å². The number of benzene rings is 1. The lowest BCUT2D eigenvalue weighted by Crippen LogP contribution is -2.01. The summed E-state index contributed by atoms with van der Waals surface area (Å²) in [6, 6.07) is 2.66. The number of carbonyl (C=O) groups excluding carboxylic acids is 1. The number of nitro groups is 1. The van der Waals surface area contributed by atoms with Crippen LogP contribution in [0.15, 0.2) is 12.1 Å². The molecule has 0 fully saturated rings. The number of ketones is 1. The molecule has 0 spiro atoms. The molecule has 0 amide bonds. The summed E-state index contributed by atoms with van der Waals surface area (Å²) < 4.78 is 0. The lowest BCUT2D eigenvalue weighted by molar-refractivity contribution is -0.383. The van der Waals surface area contributed by atoms with Gasteiger partial charge in [0.1, 0.15) is 10.7 Å². The fourth-order valence-corrected chi connectivity index (χ4v) is 1.41. The summed E-state index contributed by atoms with van der Waals surface area (Å²) in [5.41, 5.74) is 4.99. The van der Waals surface area contributed by atoms with E-state index in [1.165, 1.54) is 19.1 Å². The fraction of sp³-hybridized carbons (Fsp3) is 0.125. The Balaban J connectivity index is 3.49. The second kappa shape index (κ2) is 3.63. The van der Waals surface area contributed by atoms with Crippen molar-refractivity contribution in [2.75, 3.05) is 5.73 Å².